The largest absolute Gasteiger partial charge is 0.508 e. The van der Waals surface area contributed by atoms with Crippen LogP contribution in [-0.4, -0.2) is 107 Å². The van der Waals surface area contributed by atoms with Gasteiger partial charge in [0.15, 0.2) is 11.6 Å². The van der Waals surface area contributed by atoms with Crippen LogP contribution in [0.5, 0.6) is 11.6 Å². The number of fused-ring (bicyclic) bond motifs is 2. The first kappa shape index (κ1) is 50.9. The van der Waals surface area contributed by atoms with Crippen LogP contribution >= 0.6 is 11.6 Å². The highest BCUT2D eigenvalue weighted by Gasteiger charge is 2.49. The fraction of sp³-hybridized carbons (Fsp3) is 0.522. The number of unbranched alkanes of at least 4 members (excludes halogenated alkanes) is 2. The van der Waals surface area contributed by atoms with Gasteiger partial charge >= 0.3 is 12.2 Å². The molecule has 3 aliphatic rings. The Hall–Kier alpha value is -6.51. The van der Waals surface area contributed by atoms with Crippen molar-refractivity contribution in [2.45, 2.75) is 109 Å². The van der Waals surface area contributed by atoms with Crippen LogP contribution in [0.4, 0.5) is 18.4 Å². The van der Waals surface area contributed by atoms with Gasteiger partial charge in [-0.05, 0) is 118 Å². The van der Waals surface area contributed by atoms with Crippen molar-refractivity contribution >= 4 is 35.3 Å². The van der Waals surface area contributed by atoms with Gasteiger partial charge in [0.1, 0.15) is 10.8 Å². The Balaban J connectivity index is 1.13. The molecule has 68 heavy (non-hydrogen) atoms. The van der Waals surface area contributed by atoms with E-state index in [9.17, 15) is 38.6 Å². The number of aryl methyl sites for hydroxylation is 1. The van der Waals surface area contributed by atoms with Crippen molar-refractivity contribution in [2.75, 3.05) is 46.2 Å². The molecule has 0 N–H and O–H groups in total. The van der Waals surface area contributed by atoms with Crippen molar-refractivity contribution in [1.82, 2.24) is 14.8 Å². The molecule has 2 aliphatic heterocycles. The number of hydrogen-bond donors (Lipinski definition) is 0. The smallest absolute Gasteiger partial charge is 0.489 e. The zero-order chi connectivity index (χ0) is 48.6. The molecule has 1 aliphatic carbocycles. The van der Waals surface area contributed by atoms with Gasteiger partial charge in [-0.1, -0.05) is 35.9 Å². The summed E-state index contributed by atoms with van der Waals surface area (Å²) in [5.74, 6) is -1.70. The van der Waals surface area contributed by atoms with Crippen molar-refractivity contribution in [3.63, 3.8) is 0 Å². The minimum Gasteiger partial charge on any atom is -0.489 e. The number of amides is 2. The second-order valence-electron chi connectivity index (χ2n) is 16.4. The maximum atomic E-state index is 15.2. The van der Waals surface area contributed by atoms with E-state index >= 15 is 4.79 Å². The van der Waals surface area contributed by atoms with E-state index in [4.69, 9.17) is 35.3 Å². The van der Waals surface area contributed by atoms with Crippen molar-refractivity contribution in [2.24, 2.45) is 0 Å². The molecule has 0 spiro atoms. The summed E-state index contributed by atoms with van der Waals surface area (Å²) in [6.07, 6.45) is 6.14. The van der Waals surface area contributed by atoms with Crippen molar-refractivity contribution in [3.05, 3.63) is 113 Å². The molecule has 1 aromatic heterocycles. The molecule has 2 amide bonds. The van der Waals surface area contributed by atoms with E-state index in [0.29, 0.717) is 75.7 Å². The molecule has 2 aromatic carbocycles. The van der Waals surface area contributed by atoms with Crippen LogP contribution in [0.2, 0.25) is 5.02 Å². The van der Waals surface area contributed by atoms with Crippen LogP contribution in [0.25, 0.3) is 5.57 Å². The van der Waals surface area contributed by atoms with Crippen LogP contribution in [0.15, 0.2) is 54.2 Å². The van der Waals surface area contributed by atoms with E-state index in [1.807, 2.05) is 42.2 Å². The predicted octanol–water partition coefficient (Wildman–Crippen LogP) is 8.55. The lowest BCUT2D eigenvalue weighted by Crippen LogP contribution is -2.49. The molecule has 22 heteroatoms. The Labute approximate surface area is 395 Å². The van der Waals surface area contributed by atoms with Gasteiger partial charge < -0.3 is 38.3 Å². The Morgan fingerprint density at radius 2 is 1.41 bits per heavy atom. The topological polar surface area (TPSA) is 221 Å². The standard InChI is InChI=1S/C46H54ClF2N5O14/c1-30-33(19-20-50-43(30)63-24-7-25-66-46(57)65-22-3-5-27-68-54(60)61)29-51(34-13-14-34)44(55)40-36(28-35-15-18-39(40)52(35)45(56)64-21-2-4-26-67-53(58)59)32-11-9-31(10-12-32)8-6-23-62-42-38(49)17-16-37(48)41(42)47/h9-12,16-17,19-20,34-35,39H,2-8,13-15,18,21-29H2,1H3. The molecule has 1 saturated heterocycles. The van der Waals surface area contributed by atoms with Crippen molar-refractivity contribution < 1.29 is 66.7 Å². The Kier molecular flexibility index (Phi) is 18.7. The second kappa shape index (κ2) is 25.0. The first-order chi connectivity index (χ1) is 32.8. The number of benzene rings is 2. The van der Waals surface area contributed by atoms with Gasteiger partial charge in [0, 0.05) is 42.4 Å². The number of nitrogens with zero attached hydrogens (tertiary/aromatic N) is 5. The van der Waals surface area contributed by atoms with E-state index in [-0.39, 0.29) is 76.5 Å². The number of aromatic nitrogens is 1. The third kappa shape index (κ3) is 14.3. The maximum Gasteiger partial charge on any atom is 0.508 e. The predicted molar refractivity (Wildman–Crippen MR) is 237 cm³/mol. The molecular formula is C46H54ClF2N5O14. The highest BCUT2D eigenvalue weighted by molar-refractivity contribution is 6.32. The van der Waals surface area contributed by atoms with Gasteiger partial charge in [-0.2, -0.15) is 0 Å². The minimum atomic E-state index is -0.885. The van der Waals surface area contributed by atoms with E-state index in [0.717, 1.165) is 52.8 Å². The first-order valence-corrected chi connectivity index (χ1v) is 23.0. The fourth-order valence-electron chi connectivity index (χ4n) is 8.16. The van der Waals surface area contributed by atoms with Crippen molar-refractivity contribution in [3.8, 4) is 11.6 Å². The van der Waals surface area contributed by atoms with Crippen LogP contribution in [0.1, 0.15) is 92.9 Å². The summed E-state index contributed by atoms with van der Waals surface area (Å²) in [5.41, 5.74) is 4.69. The van der Waals surface area contributed by atoms with Crippen LogP contribution in [0.3, 0.4) is 0 Å². The van der Waals surface area contributed by atoms with E-state index < -0.39 is 45.1 Å². The lowest BCUT2D eigenvalue weighted by molar-refractivity contribution is -0.757. The first-order valence-electron chi connectivity index (χ1n) is 22.6. The molecule has 6 rings (SSSR count). The average Bonchev–Trinajstić information content (AvgIpc) is 4.11. The second-order valence-corrected chi connectivity index (χ2v) is 16.8. The summed E-state index contributed by atoms with van der Waals surface area (Å²) in [6, 6.07) is 10.7. The Morgan fingerprint density at radius 3 is 2.09 bits per heavy atom. The molecule has 3 aromatic rings. The maximum absolute atomic E-state index is 15.2. The quantitative estimate of drug-likeness (QED) is 0.0230. The van der Waals surface area contributed by atoms with E-state index in [1.165, 1.54) is 0 Å². The number of rotatable bonds is 27. The number of hydrogen-bond acceptors (Lipinski definition) is 15. The van der Waals surface area contributed by atoms with E-state index in [2.05, 4.69) is 14.7 Å². The highest BCUT2D eigenvalue weighted by Crippen LogP contribution is 2.45. The summed E-state index contributed by atoms with van der Waals surface area (Å²) < 4.78 is 55.3. The molecule has 0 radical (unpaired) electrons. The zero-order valence-electron chi connectivity index (χ0n) is 37.6. The van der Waals surface area contributed by atoms with Gasteiger partial charge in [-0.15, -0.1) is 20.2 Å². The molecule has 3 heterocycles. The summed E-state index contributed by atoms with van der Waals surface area (Å²) in [6.45, 7) is 2.22. The highest BCUT2D eigenvalue weighted by atomic mass is 35.5. The van der Waals surface area contributed by atoms with E-state index in [1.54, 1.807) is 11.1 Å². The summed E-state index contributed by atoms with van der Waals surface area (Å²) in [5, 5.41) is 18.6. The van der Waals surface area contributed by atoms with Crippen LogP contribution in [-0.2, 0) is 41.6 Å². The molecule has 2 bridgehead atoms. The van der Waals surface area contributed by atoms with Gasteiger partial charge in [0.25, 0.3) is 16.1 Å². The number of halogens is 3. The SMILES string of the molecule is Cc1c(CN(C(=O)C2=C(c3ccc(CCCOc4c(F)ccc(F)c4Cl)cc3)CC3CCC2N3C(=O)OCCCCO[N+](=O)[O-])C2CC2)ccnc1OCCCOC(=O)OCCCCO[N+](=O)[O-]. The minimum absolute atomic E-state index is 0.0165. The van der Waals surface area contributed by atoms with Crippen LogP contribution < -0.4 is 9.47 Å². The van der Waals surface area contributed by atoms with Gasteiger partial charge in [-0.3, -0.25) is 9.69 Å². The van der Waals surface area contributed by atoms with Gasteiger partial charge in [0.05, 0.1) is 52.3 Å². The number of carbonyl (C=O) groups is 3. The monoisotopic (exact) mass is 973 g/mol. The zero-order valence-corrected chi connectivity index (χ0v) is 38.3. The molecule has 2 atom stereocenters. The molecular weight excluding hydrogens is 920 g/mol. The Bertz CT molecular complexity index is 2280. The third-order valence-corrected chi connectivity index (χ3v) is 12.1. The Morgan fingerprint density at radius 1 is 0.779 bits per heavy atom. The number of pyridine rings is 1. The third-order valence-electron chi connectivity index (χ3n) is 11.7. The number of carbonyl (C=O) groups excluding carboxylic acids is 3. The van der Waals surface area contributed by atoms with Crippen molar-refractivity contribution in [1.29, 1.82) is 0 Å². The summed E-state index contributed by atoms with van der Waals surface area (Å²) >= 11 is 5.91. The molecule has 19 nitrogen and oxygen atoms in total. The molecule has 2 unspecified atom stereocenters. The van der Waals surface area contributed by atoms with Gasteiger partial charge in [-0.25, -0.2) is 23.4 Å². The average molecular weight is 974 g/mol. The lowest BCUT2D eigenvalue weighted by atomic mass is 9.87. The number of ether oxygens (including phenoxy) is 5. The van der Waals surface area contributed by atoms with Gasteiger partial charge in [0.2, 0.25) is 5.88 Å². The van der Waals surface area contributed by atoms with Crippen LogP contribution in [0, 0.1) is 38.8 Å². The summed E-state index contributed by atoms with van der Waals surface area (Å²) in [4.78, 5) is 78.1. The summed E-state index contributed by atoms with van der Waals surface area (Å²) in [7, 11) is 0. The lowest BCUT2D eigenvalue weighted by Gasteiger charge is -2.38. The molecule has 368 valence electrons. The molecule has 2 fully saturated rings. The fourth-order valence-corrected chi connectivity index (χ4v) is 8.37. The normalized spacial score (nSPS) is 16.2. The molecule has 1 saturated carbocycles.